The van der Waals surface area contributed by atoms with Crippen LogP contribution in [0.25, 0.3) is 0 Å². The van der Waals surface area contributed by atoms with Gasteiger partial charge in [-0.15, -0.1) is 0 Å². The van der Waals surface area contributed by atoms with E-state index in [0.717, 1.165) is 57.8 Å². The number of amides is 1. The van der Waals surface area contributed by atoms with E-state index in [1.54, 1.807) is 6.08 Å². The van der Waals surface area contributed by atoms with Crippen molar-refractivity contribution in [1.82, 2.24) is 5.32 Å². The lowest BCUT2D eigenvalue weighted by Crippen LogP contribution is -2.60. The van der Waals surface area contributed by atoms with Crippen LogP contribution in [0.5, 0.6) is 0 Å². The van der Waals surface area contributed by atoms with Gasteiger partial charge in [0.2, 0.25) is 5.91 Å². The first-order valence-corrected chi connectivity index (χ1v) is 21.2. The number of unbranched alkanes of at least 4 members (excludes halogenated alkanes) is 20. The summed E-state index contributed by atoms with van der Waals surface area (Å²) in [6, 6.07) is -0.806. The summed E-state index contributed by atoms with van der Waals surface area (Å²) in [5.41, 5.74) is 0. The molecule has 1 aliphatic rings. The minimum absolute atomic E-state index is 0.188. The Balaban J connectivity index is 2.38. The fourth-order valence-electron chi connectivity index (χ4n) is 6.48. The topological polar surface area (TPSA) is 149 Å². The molecule has 0 aliphatic carbocycles. The highest BCUT2D eigenvalue weighted by Gasteiger charge is 2.44. The molecule has 6 N–H and O–H groups in total. The average Bonchev–Trinajstić information content (AvgIpc) is 3.14. The highest BCUT2D eigenvalue weighted by molar-refractivity contribution is 5.76. The third kappa shape index (κ3) is 24.7. The zero-order valence-corrected chi connectivity index (χ0v) is 33.1. The summed E-state index contributed by atoms with van der Waals surface area (Å²) in [6.07, 6.45) is 33.2. The van der Waals surface area contributed by atoms with Crippen molar-refractivity contribution in [2.24, 2.45) is 0 Å². The molecule has 0 radical (unpaired) electrons. The van der Waals surface area contributed by atoms with Gasteiger partial charge >= 0.3 is 0 Å². The van der Waals surface area contributed by atoms with Crippen molar-refractivity contribution in [3.8, 4) is 0 Å². The molecule has 0 aromatic heterocycles. The summed E-state index contributed by atoms with van der Waals surface area (Å²) >= 11 is 0. The van der Waals surface area contributed by atoms with Crippen LogP contribution in [0, 0.1) is 0 Å². The molecule has 1 saturated heterocycles. The summed E-state index contributed by atoms with van der Waals surface area (Å²) in [4.78, 5) is 12.9. The van der Waals surface area contributed by atoms with Crippen LogP contribution in [0.2, 0.25) is 0 Å². The molecule has 0 aromatic carbocycles. The molecular formula is C43H79NO8. The van der Waals surface area contributed by atoms with Gasteiger partial charge in [0.15, 0.2) is 6.29 Å². The van der Waals surface area contributed by atoms with Gasteiger partial charge in [0.1, 0.15) is 24.4 Å². The largest absolute Gasteiger partial charge is 0.394 e. The number of carbonyl (C=O) groups excluding carboxylic acids is 1. The standard InChI is InChI=1S/C43H79NO8/c1-3-5-7-9-11-13-15-16-17-18-19-20-21-23-25-27-29-31-33-39(47)44-36(35-51-43-42(50)41(49)40(48)38(34-45)52-43)37(46)32-30-28-26-24-22-14-12-10-8-6-4-2/h13,15,17-18,30,32,36-38,40-43,45-46,48-50H,3-12,14,16,19-29,31,33-35H2,1-2H3,(H,44,47)/b15-13-,18-17-,32-30+. The summed E-state index contributed by atoms with van der Waals surface area (Å²) in [6.45, 7) is 3.72. The number of hydrogen-bond donors (Lipinski definition) is 6. The third-order valence-corrected chi connectivity index (χ3v) is 9.96. The first-order chi connectivity index (χ1) is 25.3. The maximum Gasteiger partial charge on any atom is 0.220 e. The molecule has 0 saturated carbocycles. The number of rotatable bonds is 34. The molecule has 9 heteroatoms. The van der Waals surface area contributed by atoms with Gasteiger partial charge in [-0.3, -0.25) is 4.79 Å². The second-order valence-electron chi connectivity index (χ2n) is 14.8. The number of aliphatic hydroxyl groups excluding tert-OH is 5. The third-order valence-electron chi connectivity index (χ3n) is 9.96. The Hall–Kier alpha value is -1.59. The summed E-state index contributed by atoms with van der Waals surface area (Å²) in [5, 5.41) is 54.0. The fourth-order valence-corrected chi connectivity index (χ4v) is 6.48. The Labute approximate surface area is 317 Å². The van der Waals surface area contributed by atoms with Crippen LogP contribution in [0.3, 0.4) is 0 Å². The summed E-state index contributed by atoms with van der Waals surface area (Å²) in [5.74, 6) is -0.188. The molecule has 1 heterocycles. The minimum Gasteiger partial charge on any atom is -0.394 e. The molecule has 1 rings (SSSR count). The lowest BCUT2D eigenvalue weighted by molar-refractivity contribution is -0.302. The maximum absolute atomic E-state index is 12.9. The zero-order chi connectivity index (χ0) is 38.1. The number of hydrogen-bond acceptors (Lipinski definition) is 8. The van der Waals surface area contributed by atoms with E-state index in [1.165, 1.54) is 96.3 Å². The molecule has 1 fully saturated rings. The molecule has 7 atom stereocenters. The van der Waals surface area contributed by atoms with E-state index in [2.05, 4.69) is 43.5 Å². The second-order valence-corrected chi connectivity index (χ2v) is 14.8. The average molecular weight is 738 g/mol. The van der Waals surface area contributed by atoms with Gasteiger partial charge in [0.25, 0.3) is 0 Å². The molecule has 304 valence electrons. The number of ether oxygens (including phenoxy) is 2. The smallest absolute Gasteiger partial charge is 0.220 e. The van der Waals surface area contributed by atoms with Crippen LogP contribution in [0.4, 0.5) is 0 Å². The normalized spacial score (nSPS) is 22.2. The van der Waals surface area contributed by atoms with Crippen molar-refractivity contribution in [2.45, 2.75) is 217 Å². The summed E-state index contributed by atoms with van der Waals surface area (Å²) in [7, 11) is 0. The van der Waals surface area contributed by atoms with Gasteiger partial charge in [-0.1, -0.05) is 153 Å². The van der Waals surface area contributed by atoms with Crippen molar-refractivity contribution in [3.63, 3.8) is 0 Å². The van der Waals surface area contributed by atoms with Crippen LogP contribution in [0.15, 0.2) is 36.5 Å². The Morgan fingerprint density at radius 1 is 0.654 bits per heavy atom. The van der Waals surface area contributed by atoms with Gasteiger partial charge in [0, 0.05) is 6.42 Å². The number of nitrogens with one attached hydrogen (secondary N) is 1. The maximum atomic E-state index is 12.9. The Bertz CT molecular complexity index is 910. The van der Waals surface area contributed by atoms with Crippen LogP contribution in [-0.2, 0) is 14.3 Å². The number of carbonyl (C=O) groups is 1. The predicted molar refractivity (Wildman–Crippen MR) is 212 cm³/mol. The van der Waals surface area contributed by atoms with Crippen LogP contribution < -0.4 is 5.32 Å². The zero-order valence-electron chi connectivity index (χ0n) is 33.1. The highest BCUT2D eigenvalue weighted by atomic mass is 16.7. The van der Waals surface area contributed by atoms with Crippen molar-refractivity contribution >= 4 is 5.91 Å². The quantitative estimate of drug-likeness (QED) is 0.0287. The van der Waals surface area contributed by atoms with Crippen molar-refractivity contribution in [2.75, 3.05) is 13.2 Å². The Kier molecular flexibility index (Phi) is 31.6. The van der Waals surface area contributed by atoms with Crippen LogP contribution >= 0.6 is 0 Å². The van der Waals surface area contributed by atoms with Gasteiger partial charge in [-0.05, 0) is 51.4 Å². The number of aliphatic hydroxyl groups is 5. The van der Waals surface area contributed by atoms with E-state index in [-0.39, 0.29) is 12.5 Å². The van der Waals surface area contributed by atoms with Crippen LogP contribution in [-0.4, -0.2) is 87.5 Å². The van der Waals surface area contributed by atoms with Gasteiger partial charge < -0.3 is 40.3 Å². The molecule has 9 nitrogen and oxygen atoms in total. The SMILES string of the molecule is CCCCCC/C=C\C/C=C\CCCCCCCCCC(=O)NC(COC1OC(CO)C(O)C(O)C1O)C(O)/C=C/CCCCCCCCCCC. The Morgan fingerprint density at radius 2 is 1.13 bits per heavy atom. The molecule has 0 spiro atoms. The lowest BCUT2D eigenvalue weighted by Gasteiger charge is -2.40. The molecule has 0 aromatic rings. The van der Waals surface area contributed by atoms with Gasteiger partial charge in [-0.25, -0.2) is 0 Å². The number of allylic oxidation sites excluding steroid dienone is 5. The molecule has 0 bridgehead atoms. The van der Waals surface area contributed by atoms with E-state index >= 15 is 0 Å². The van der Waals surface area contributed by atoms with E-state index < -0.39 is 49.5 Å². The molecule has 1 amide bonds. The minimum atomic E-state index is -1.57. The van der Waals surface area contributed by atoms with Crippen molar-refractivity contribution in [3.05, 3.63) is 36.5 Å². The lowest BCUT2D eigenvalue weighted by atomic mass is 9.99. The van der Waals surface area contributed by atoms with E-state index in [0.29, 0.717) is 6.42 Å². The second kappa shape index (κ2) is 33.9. The molecule has 1 aliphatic heterocycles. The highest BCUT2D eigenvalue weighted by Crippen LogP contribution is 2.22. The molecular weight excluding hydrogens is 658 g/mol. The van der Waals surface area contributed by atoms with Crippen molar-refractivity contribution < 1.29 is 39.8 Å². The van der Waals surface area contributed by atoms with Gasteiger partial charge in [0.05, 0.1) is 25.4 Å². The molecule has 7 unspecified atom stereocenters. The van der Waals surface area contributed by atoms with Crippen LogP contribution in [0.1, 0.15) is 174 Å². The molecule has 52 heavy (non-hydrogen) atoms. The monoisotopic (exact) mass is 738 g/mol. The fraction of sp³-hybridized carbons (Fsp3) is 0.837. The van der Waals surface area contributed by atoms with Gasteiger partial charge in [-0.2, -0.15) is 0 Å². The Morgan fingerprint density at radius 3 is 1.67 bits per heavy atom. The first-order valence-electron chi connectivity index (χ1n) is 21.2. The first kappa shape index (κ1) is 48.4. The van der Waals surface area contributed by atoms with E-state index in [9.17, 15) is 30.3 Å². The summed E-state index contributed by atoms with van der Waals surface area (Å²) < 4.78 is 11.2. The van der Waals surface area contributed by atoms with E-state index in [1.807, 2.05) is 6.08 Å². The van der Waals surface area contributed by atoms with E-state index in [4.69, 9.17) is 9.47 Å². The van der Waals surface area contributed by atoms with Crippen molar-refractivity contribution in [1.29, 1.82) is 0 Å². The predicted octanol–water partition coefficient (Wildman–Crippen LogP) is 8.11.